The molecule has 2 heterocycles. The van der Waals surface area contributed by atoms with Crippen LogP contribution in [0.5, 0.6) is 0 Å². The molecule has 0 radical (unpaired) electrons. The normalized spacial score (nSPS) is 21.8. The average Bonchev–Trinajstić information content (AvgIpc) is 3.03. The lowest BCUT2D eigenvalue weighted by Crippen LogP contribution is -2.75. The number of carbonyl (C=O) groups excluding carboxylic acids is 4. The highest BCUT2D eigenvalue weighted by atomic mass is 19.3. The maximum atomic E-state index is 14.4. The summed E-state index contributed by atoms with van der Waals surface area (Å²) in [6, 6.07) is 4.35. The molecule has 11 nitrogen and oxygen atoms in total. The van der Waals surface area contributed by atoms with Crippen molar-refractivity contribution in [1.29, 1.82) is 0 Å². The highest BCUT2D eigenvalue weighted by molar-refractivity contribution is 5.91. The monoisotopic (exact) mass is 640 g/mol. The van der Waals surface area contributed by atoms with Gasteiger partial charge in [0, 0.05) is 32.2 Å². The number of nitrogens with zero attached hydrogens (tertiary/aromatic N) is 4. The third kappa shape index (κ3) is 8.19. The molecular formula is C33H42F2N6O5. The van der Waals surface area contributed by atoms with Gasteiger partial charge in [0.1, 0.15) is 18.8 Å². The van der Waals surface area contributed by atoms with E-state index >= 15 is 0 Å². The van der Waals surface area contributed by atoms with Gasteiger partial charge in [-0.3, -0.25) is 9.59 Å². The number of piperazine rings is 1. The number of carbonyl (C=O) groups is 4. The van der Waals surface area contributed by atoms with E-state index in [-0.39, 0.29) is 63.1 Å². The van der Waals surface area contributed by atoms with E-state index in [0.717, 1.165) is 12.0 Å². The molecule has 3 aliphatic rings. The molecule has 2 fully saturated rings. The van der Waals surface area contributed by atoms with Crippen LogP contribution in [0.2, 0.25) is 0 Å². The summed E-state index contributed by atoms with van der Waals surface area (Å²) in [7, 11) is 1.63. The van der Waals surface area contributed by atoms with Gasteiger partial charge in [-0.1, -0.05) is 62.6 Å². The Balaban J connectivity index is 1.57. The molecule has 2 aliphatic heterocycles. The van der Waals surface area contributed by atoms with Crippen LogP contribution in [-0.4, -0.2) is 95.8 Å². The van der Waals surface area contributed by atoms with Crippen molar-refractivity contribution in [3.8, 4) is 0 Å². The molecule has 46 heavy (non-hydrogen) atoms. The lowest BCUT2D eigenvalue weighted by Gasteiger charge is -2.54. The largest absolute Gasteiger partial charge is 0.445 e. The first-order chi connectivity index (χ1) is 21.9. The van der Waals surface area contributed by atoms with Crippen molar-refractivity contribution in [2.75, 3.05) is 39.8 Å². The Morgan fingerprint density at radius 2 is 1.98 bits per heavy atom. The van der Waals surface area contributed by atoms with Gasteiger partial charge >= 0.3 is 12.1 Å². The van der Waals surface area contributed by atoms with E-state index in [0.29, 0.717) is 24.0 Å². The predicted molar refractivity (Wildman–Crippen MR) is 168 cm³/mol. The Morgan fingerprint density at radius 3 is 2.67 bits per heavy atom. The number of amides is 5. The molecule has 2 N–H and O–H groups in total. The molecule has 13 heteroatoms. The number of hydrogen-bond acceptors (Lipinski definition) is 6. The number of likely N-dealkylation sites (N-methyl/N-ethyl adjacent to an activating group) is 1. The lowest BCUT2D eigenvalue weighted by atomic mass is 9.98. The molecule has 2 saturated heterocycles. The second-order valence-electron chi connectivity index (χ2n) is 11.7. The van der Waals surface area contributed by atoms with Gasteiger partial charge in [-0.25, -0.2) is 19.6 Å². The molecule has 0 aromatic heterocycles. The Kier molecular flexibility index (Phi) is 11.3. The standard InChI is InChI=1S/C33H42F2N6O5/c1-5-17-46-32(45)36-16-8-11-27-30(43)39(20-25-9-7-10-26(18-25)33(34,35)6-2)21-28-40(27)29(42)22-38(4)41(28)31(44)37-19-24-14-12-23(3)13-15-24/h5-7,9-10,12,14-15,18,23,27-28H,1-2,8,11,13,16-17,19-22H2,3-4H3,(H,36,45)(H,37,44)/t23?,27-,28-/m0/s1. The zero-order chi connectivity index (χ0) is 33.4. The molecule has 3 atom stereocenters. The molecule has 248 valence electrons. The Bertz CT molecular complexity index is 1400. The molecule has 1 unspecified atom stereocenters. The van der Waals surface area contributed by atoms with Crippen molar-refractivity contribution >= 4 is 23.9 Å². The number of alkyl carbamates (subject to hydrolysis) is 1. The molecule has 0 saturated carbocycles. The van der Waals surface area contributed by atoms with Crippen LogP contribution in [0, 0.1) is 5.92 Å². The van der Waals surface area contributed by atoms with E-state index in [1.807, 2.05) is 6.08 Å². The highest BCUT2D eigenvalue weighted by Gasteiger charge is 2.50. The summed E-state index contributed by atoms with van der Waals surface area (Å²) in [5.74, 6) is -3.54. The number of hydrazine groups is 1. The summed E-state index contributed by atoms with van der Waals surface area (Å²) in [6.45, 7) is 9.16. The summed E-state index contributed by atoms with van der Waals surface area (Å²) >= 11 is 0. The summed E-state index contributed by atoms with van der Waals surface area (Å²) in [5, 5.41) is 8.52. The van der Waals surface area contributed by atoms with Gasteiger partial charge in [-0.15, -0.1) is 0 Å². The van der Waals surface area contributed by atoms with Crippen LogP contribution < -0.4 is 10.6 Å². The first-order valence-electron chi connectivity index (χ1n) is 15.3. The fourth-order valence-electron chi connectivity index (χ4n) is 5.77. The number of urea groups is 1. The van der Waals surface area contributed by atoms with Gasteiger partial charge in [0.2, 0.25) is 11.8 Å². The van der Waals surface area contributed by atoms with Gasteiger partial charge < -0.3 is 25.2 Å². The average molecular weight is 641 g/mol. The zero-order valence-electron chi connectivity index (χ0n) is 26.3. The van der Waals surface area contributed by atoms with Crippen molar-refractivity contribution < 1.29 is 32.7 Å². The van der Waals surface area contributed by atoms with E-state index in [2.05, 4.69) is 42.9 Å². The van der Waals surface area contributed by atoms with E-state index in [1.165, 1.54) is 44.1 Å². The number of alkyl halides is 2. The highest BCUT2D eigenvalue weighted by Crippen LogP contribution is 2.32. The quantitative estimate of drug-likeness (QED) is 0.265. The Morgan fingerprint density at radius 1 is 1.20 bits per heavy atom. The van der Waals surface area contributed by atoms with Crippen LogP contribution in [-0.2, 0) is 26.8 Å². The van der Waals surface area contributed by atoms with Crippen LogP contribution in [0.1, 0.15) is 37.3 Å². The van der Waals surface area contributed by atoms with E-state index < -0.39 is 30.3 Å². The fourth-order valence-corrected chi connectivity index (χ4v) is 5.77. The van der Waals surface area contributed by atoms with Gasteiger partial charge in [0.05, 0.1) is 13.1 Å². The van der Waals surface area contributed by atoms with Crippen LogP contribution in [0.3, 0.4) is 0 Å². The first kappa shape index (κ1) is 34.4. The molecule has 1 aromatic carbocycles. The smallest absolute Gasteiger partial charge is 0.407 e. The number of hydrogen-bond donors (Lipinski definition) is 2. The predicted octanol–water partition coefficient (Wildman–Crippen LogP) is 3.92. The number of rotatable bonds is 12. The summed E-state index contributed by atoms with van der Waals surface area (Å²) in [4.78, 5) is 55.9. The molecule has 0 spiro atoms. The van der Waals surface area contributed by atoms with E-state index in [9.17, 15) is 28.0 Å². The maximum Gasteiger partial charge on any atom is 0.407 e. The summed E-state index contributed by atoms with van der Waals surface area (Å²) in [6.07, 6.45) is 8.02. The number of halogens is 2. The Hall–Kier alpha value is -4.52. The summed E-state index contributed by atoms with van der Waals surface area (Å²) < 4.78 is 33.7. The second-order valence-corrected chi connectivity index (χ2v) is 11.7. The fraction of sp³-hybridized carbons (Fsp3) is 0.455. The van der Waals surface area contributed by atoms with Crippen molar-refractivity contribution in [3.05, 3.63) is 84.5 Å². The molecular weight excluding hydrogens is 598 g/mol. The van der Waals surface area contributed by atoms with Crippen molar-refractivity contribution in [3.63, 3.8) is 0 Å². The number of allylic oxidation sites excluding steroid dienone is 3. The third-order valence-electron chi connectivity index (χ3n) is 8.18. The SMILES string of the molecule is C=CCOC(=O)NCCC[C@H]1C(=O)N(Cc2cccc(C(F)(F)C=C)c2)C[C@H]2N1C(=O)CN(C)N2C(=O)NCC1=CCC(C)C=C1. The second kappa shape index (κ2) is 15.2. The minimum absolute atomic E-state index is 0.0178. The van der Waals surface area contributed by atoms with Gasteiger partial charge in [0.15, 0.2) is 0 Å². The van der Waals surface area contributed by atoms with Crippen molar-refractivity contribution in [2.45, 2.75) is 50.9 Å². The van der Waals surface area contributed by atoms with E-state index in [4.69, 9.17) is 4.74 Å². The zero-order valence-corrected chi connectivity index (χ0v) is 26.3. The van der Waals surface area contributed by atoms with Gasteiger partial charge in [-0.2, -0.15) is 8.78 Å². The van der Waals surface area contributed by atoms with Crippen LogP contribution in [0.25, 0.3) is 0 Å². The molecule has 0 bridgehead atoms. The molecule has 1 aliphatic carbocycles. The van der Waals surface area contributed by atoms with Gasteiger partial charge in [0.25, 0.3) is 5.92 Å². The summed E-state index contributed by atoms with van der Waals surface area (Å²) in [5.41, 5.74) is 1.17. The number of ether oxygens (including phenoxy) is 1. The van der Waals surface area contributed by atoms with E-state index in [1.54, 1.807) is 13.1 Å². The minimum Gasteiger partial charge on any atom is -0.445 e. The molecule has 4 rings (SSSR count). The minimum atomic E-state index is -3.25. The Labute approximate surface area is 268 Å². The number of nitrogens with one attached hydrogen (secondary N) is 2. The topological polar surface area (TPSA) is 115 Å². The maximum absolute atomic E-state index is 14.4. The van der Waals surface area contributed by atoms with Crippen LogP contribution >= 0.6 is 0 Å². The lowest BCUT2D eigenvalue weighted by molar-refractivity contribution is -0.188. The van der Waals surface area contributed by atoms with Crippen LogP contribution in [0.15, 0.2) is 73.4 Å². The van der Waals surface area contributed by atoms with Crippen molar-refractivity contribution in [1.82, 2.24) is 30.5 Å². The first-order valence-corrected chi connectivity index (χ1v) is 15.3. The third-order valence-corrected chi connectivity index (χ3v) is 8.18. The molecule has 5 amide bonds. The van der Waals surface area contributed by atoms with Crippen LogP contribution in [0.4, 0.5) is 18.4 Å². The molecule has 1 aromatic rings. The number of benzene rings is 1. The van der Waals surface area contributed by atoms with Crippen molar-refractivity contribution in [2.24, 2.45) is 5.92 Å². The van der Waals surface area contributed by atoms with Gasteiger partial charge in [-0.05, 0) is 48.5 Å². The number of fused-ring (bicyclic) bond motifs is 1.